The second-order valence-electron chi connectivity index (χ2n) is 5.69. The second kappa shape index (κ2) is 17.7. The molecule has 2 N–H and O–H groups in total. The van der Waals surface area contributed by atoms with Crippen LogP contribution < -0.4 is 5.73 Å². The SMILES string of the molecule is [2H]NCCCCCCCC/C=C\CCCCCCCC. The van der Waals surface area contributed by atoms with Gasteiger partial charge in [0.2, 0.25) is 0 Å². The molecule has 0 aliphatic rings. The van der Waals surface area contributed by atoms with E-state index in [1.165, 1.54) is 83.5 Å². The lowest BCUT2D eigenvalue weighted by molar-refractivity contribution is 0.599. The van der Waals surface area contributed by atoms with Gasteiger partial charge in [0, 0.05) is 0 Å². The van der Waals surface area contributed by atoms with E-state index in [2.05, 4.69) is 24.8 Å². The fraction of sp³-hybridized carbons (Fsp3) is 0.889. The Morgan fingerprint density at radius 2 is 1.16 bits per heavy atom. The number of hydrogen-bond donors (Lipinski definition) is 1. The van der Waals surface area contributed by atoms with Crippen molar-refractivity contribution in [3.63, 3.8) is 0 Å². The summed E-state index contributed by atoms with van der Waals surface area (Å²) in [4.78, 5) is 0. The highest BCUT2D eigenvalue weighted by atomic mass is 14.5. The van der Waals surface area contributed by atoms with Gasteiger partial charge in [-0.2, -0.15) is 0 Å². The minimum atomic E-state index is 0.848. The van der Waals surface area contributed by atoms with Crippen molar-refractivity contribution in [2.75, 3.05) is 6.54 Å². The van der Waals surface area contributed by atoms with Gasteiger partial charge in [-0.3, -0.25) is 0 Å². The van der Waals surface area contributed by atoms with E-state index in [1.54, 1.807) is 0 Å². The molecule has 0 fully saturated rings. The summed E-state index contributed by atoms with van der Waals surface area (Å²) in [5, 5.41) is 0. The van der Waals surface area contributed by atoms with E-state index in [0.717, 1.165) is 13.0 Å². The first kappa shape index (κ1) is 16.8. The molecule has 0 aromatic heterocycles. The lowest BCUT2D eigenvalue weighted by Crippen LogP contribution is -1.97. The van der Waals surface area contributed by atoms with E-state index in [0.29, 0.717) is 0 Å². The molecule has 0 atom stereocenters. The number of nitrogens with two attached hydrogens (primary N) is 1. The summed E-state index contributed by atoms with van der Waals surface area (Å²) in [7, 11) is 0. The molecule has 1 nitrogen and oxygen atoms in total. The third-order valence-electron chi connectivity index (χ3n) is 3.69. The lowest BCUT2D eigenvalue weighted by atomic mass is 10.1. The molecule has 0 saturated carbocycles. The van der Waals surface area contributed by atoms with Crippen LogP contribution in [0.3, 0.4) is 0 Å². The first-order valence-corrected chi connectivity index (χ1v) is 8.71. The van der Waals surface area contributed by atoms with E-state index < -0.39 is 0 Å². The van der Waals surface area contributed by atoms with Gasteiger partial charge in [0.15, 0.2) is 0 Å². The van der Waals surface area contributed by atoms with E-state index in [4.69, 9.17) is 1.41 Å². The van der Waals surface area contributed by atoms with Crippen LogP contribution in [0.5, 0.6) is 0 Å². The van der Waals surface area contributed by atoms with Crippen LogP contribution in [0.1, 0.15) is 96.8 Å². The molecule has 0 spiro atoms. The Morgan fingerprint density at radius 3 is 1.68 bits per heavy atom. The lowest BCUT2D eigenvalue weighted by Gasteiger charge is -1.99. The summed E-state index contributed by atoms with van der Waals surface area (Å²) in [6.07, 6.45) is 23.6. The van der Waals surface area contributed by atoms with Crippen molar-refractivity contribution >= 4 is 0 Å². The molecule has 0 saturated heterocycles. The van der Waals surface area contributed by atoms with Gasteiger partial charge in [0.25, 0.3) is 0 Å². The van der Waals surface area contributed by atoms with Crippen LogP contribution in [0.4, 0.5) is 0 Å². The molecule has 19 heavy (non-hydrogen) atoms. The van der Waals surface area contributed by atoms with Gasteiger partial charge < -0.3 is 5.73 Å². The van der Waals surface area contributed by atoms with E-state index >= 15 is 0 Å². The Balaban J connectivity index is 3.01. The third-order valence-corrected chi connectivity index (χ3v) is 3.69. The summed E-state index contributed by atoms with van der Waals surface area (Å²) in [5.41, 5.74) is 2.46. The molecule has 0 amide bonds. The van der Waals surface area contributed by atoms with Crippen molar-refractivity contribution in [3.05, 3.63) is 12.2 Å². The van der Waals surface area contributed by atoms with Crippen molar-refractivity contribution in [2.24, 2.45) is 5.73 Å². The van der Waals surface area contributed by atoms with Gasteiger partial charge in [-0.15, -0.1) is 0 Å². The zero-order valence-electron chi connectivity index (χ0n) is 14.3. The average Bonchev–Trinajstić information content (AvgIpc) is 2.47. The average molecular weight is 269 g/mol. The first-order chi connectivity index (χ1) is 9.91. The number of allylic oxidation sites excluding steroid dienone is 2. The van der Waals surface area contributed by atoms with E-state index in [9.17, 15) is 0 Å². The second-order valence-corrected chi connectivity index (χ2v) is 5.69. The summed E-state index contributed by atoms with van der Waals surface area (Å²) in [6.45, 7) is 3.12. The highest BCUT2D eigenvalue weighted by Crippen LogP contribution is 2.09. The molecule has 0 aromatic rings. The highest BCUT2D eigenvalue weighted by molar-refractivity contribution is 4.81. The quantitative estimate of drug-likeness (QED) is 0.270. The summed E-state index contributed by atoms with van der Waals surface area (Å²) >= 11 is 0. The molecule has 1 heteroatoms. The molecule has 0 rings (SSSR count). The highest BCUT2D eigenvalue weighted by Gasteiger charge is 1.90. The van der Waals surface area contributed by atoms with Gasteiger partial charge >= 0.3 is 0 Å². The van der Waals surface area contributed by atoms with Crippen molar-refractivity contribution < 1.29 is 1.41 Å². The maximum atomic E-state index is 6.83. The van der Waals surface area contributed by atoms with Crippen LogP contribution in [0.2, 0.25) is 1.41 Å². The fourth-order valence-corrected chi connectivity index (χ4v) is 2.37. The Labute approximate surface area is 123 Å². The Bertz CT molecular complexity index is 192. The van der Waals surface area contributed by atoms with Crippen LogP contribution in [-0.2, 0) is 0 Å². The van der Waals surface area contributed by atoms with Gasteiger partial charge in [0.1, 0.15) is 1.41 Å². The van der Waals surface area contributed by atoms with Crippen molar-refractivity contribution in [3.8, 4) is 0 Å². The van der Waals surface area contributed by atoms with E-state index in [1.807, 2.05) is 0 Å². The summed E-state index contributed by atoms with van der Waals surface area (Å²) in [5.74, 6) is 0. The van der Waals surface area contributed by atoms with Gasteiger partial charge in [-0.25, -0.2) is 0 Å². The van der Waals surface area contributed by atoms with Crippen molar-refractivity contribution in [2.45, 2.75) is 96.8 Å². The van der Waals surface area contributed by atoms with Gasteiger partial charge in [-0.05, 0) is 38.6 Å². The topological polar surface area (TPSA) is 26.0 Å². The molecular weight excluding hydrogens is 230 g/mol. The molecule has 0 bridgehead atoms. The van der Waals surface area contributed by atoms with Crippen molar-refractivity contribution in [1.82, 2.24) is 0 Å². The zero-order chi connectivity index (χ0) is 14.7. The molecule has 0 aliphatic carbocycles. The maximum absolute atomic E-state index is 6.83. The smallest absolute Gasteiger partial charge is 0.118 e. The number of rotatable bonds is 16. The van der Waals surface area contributed by atoms with Crippen LogP contribution in [-0.4, -0.2) is 6.54 Å². The number of hydrogen-bond acceptors (Lipinski definition) is 1. The predicted molar refractivity (Wildman–Crippen MR) is 88.5 cm³/mol. The predicted octanol–water partition coefficient (Wildman–Crippen LogP) is 5.98. The molecule has 0 unspecified atom stereocenters. The van der Waals surface area contributed by atoms with Gasteiger partial charge in [-0.1, -0.05) is 76.9 Å². The standard InChI is InChI=1S/C18H37N/c1-2-3-4-5-6-7-8-9-10-11-12-13-14-15-16-17-18-19/h9-10H,2-8,11-19H2,1H3/b10-9-/i/hD. The molecule has 0 aromatic carbocycles. The molecule has 0 radical (unpaired) electrons. The summed E-state index contributed by atoms with van der Waals surface area (Å²) < 4.78 is 6.83. The normalized spacial score (nSPS) is 12.2. The Morgan fingerprint density at radius 1 is 0.684 bits per heavy atom. The molecular formula is C18H37N. The zero-order valence-corrected chi connectivity index (χ0v) is 13.3. The van der Waals surface area contributed by atoms with Gasteiger partial charge in [0.05, 0.1) is 0 Å². The largest absolute Gasteiger partial charge is 0.330 e. The van der Waals surface area contributed by atoms with Crippen molar-refractivity contribution in [1.29, 1.82) is 0 Å². The maximum Gasteiger partial charge on any atom is 0.118 e. The minimum Gasteiger partial charge on any atom is -0.330 e. The van der Waals surface area contributed by atoms with E-state index in [-0.39, 0.29) is 0 Å². The Kier molecular flexibility index (Phi) is 15.6. The molecule has 0 heterocycles. The Hall–Kier alpha value is -0.300. The molecule has 0 aliphatic heterocycles. The fourth-order valence-electron chi connectivity index (χ4n) is 2.37. The summed E-state index contributed by atoms with van der Waals surface area (Å²) in [6, 6.07) is 0. The minimum absolute atomic E-state index is 0.848. The first-order valence-electron chi connectivity index (χ1n) is 9.21. The molecule has 114 valence electrons. The monoisotopic (exact) mass is 268 g/mol. The third kappa shape index (κ3) is 17.7. The van der Waals surface area contributed by atoms with Crippen LogP contribution in [0.25, 0.3) is 0 Å². The van der Waals surface area contributed by atoms with Crippen LogP contribution in [0, 0.1) is 0 Å². The van der Waals surface area contributed by atoms with Crippen LogP contribution in [0.15, 0.2) is 12.2 Å². The number of unbranched alkanes of at least 4 members (excludes halogenated alkanes) is 12. The van der Waals surface area contributed by atoms with Crippen LogP contribution >= 0.6 is 0 Å².